The van der Waals surface area contributed by atoms with Gasteiger partial charge < -0.3 is 5.11 Å². The predicted molar refractivity (Wildman–Crippen MR) is 130 cm³/mol. The third kappa shape index (κ3) is 10.6. The summed E-state index contributed by atoms with van der Waals surface area (Å²) in [6.07, 6.45) is 14.3. The summed E-state index contributed by atoms with van der Waals surface area (Å²) in [6, 6.07) is 4.84. The van der Waals surface area contributed by atoms with Crippen molar-refractivity contribution in [2.24, 2.45) is 10.8 Å². The van der Waals surface area contributed by atoms with Gasteiger partial charge in [-0.15, -0.1) is 0 Å². The van der Waals surface area contributed by atoms with E-state index in [-0.39, 0.29) is 0 Å². The van der Waals surface area contributed by atoms with E-state index < -0.39 is 11.4 Å². The van der Waals surface area contributed by atoms with Gasteiger partial charge in [0.05, 0.1) is 5.41 Å². The van der Waals surface area contributed by atoms with Crippen LogP contribution in [0.2, 0.25) is 0 Å². The van der Waals surface area contributed by atoms with Gasteiger partial charge in [0.25, 0.3) is 0 Å². The third-order valence-electron chi connectivity index (χ3n) is 6.52. The molecule has 0 bridgehead atoms. The van der Waals surface area contributed by atoms with E-state index in [0.29, 0.717) is 5.41 Å². The number of carbonyl (C=O) groups is 1. The summed E-state index contributed by atoms with van der Waals surface area (Å²) in [5.74, 6) is -0.680. The zero-order chi connectivity index (χ0) is 22.8. The van der Waals surface area contributed by atoms with E-state index in [1.807, 2.05) is 13.8 Å². The highest BCUT2D eigenvalue weighted by molar-refractivity contribution is 5.73. The number of hydrogen-bond donors (Lipinski definition) is 1. The maximum atomic E-state index is 11.2. The molecule has 0 saturated heterocycles. The molecule has 0 saturated carbocycles. The molecule has 0 radical (unpaired) electrons. The molecule has 1 aromatic rings. The van der Waals surface area contributed by atoms with E-state index >= 15 is 0 Å². The fourth-order valence-corrected chi connectivity index (χ4v) is 4.07. The topological polar surface area (TPSA) is 37.3 Å². The van der Waals surface area contributed by atoms with Crippen molar-refractivity contribution in [3.8, 4) is 0 Å². The average Bonchev–Trinajstić information content (AvgIpc) is 2.63. The number of aliphatic carboxylic acids is 1. The molecule has 1 aromatic carbocycles. The number of carboxylic acid groups (broad SMARTS) is 1. The second-order valence-corrected chi connectivity index (χ2v) is 11.3. The largest absolute Gasteiger partial charge is 0.481 e. The first-order valence-electron chi connectivity index (χ1n) is 12.2. The van der Waals surface area contributed by atoms with Gasteiger partial charge in [-0.1, -0.05) is 71.4 Å². The Morgan fingerprint density at radius 1 is 0.700 bits per heavy atom. The highest BCUT2D eigenvalue weighted by atomic mass is 16.4. The molecule has 0 aromatic heterocycles. The summed E-state index contributed by atoms with van der Waals surface area (Å²) < 4.78 is 0. The molecule has 0 atom stereocenters. The average molecular weight is 417 g/mol. The fourth-order valence-electron chi connectivity index (χ4n) is 4.07. The SMILES string of the molecule is Cc1cc(CCCCCCC(C)(C)C)c(CCCCCCC(C)(C)C(=O)O)cc1C. The van der Waals surface area contributed by atoms with Gasteiger partial charge in [-0.3, -0.25) is 4.79 Å². The van der Waals surface area contributed by atoms with Gasteiger partial charge in [-0.25, -0.2) is 0 Å². The summed E-state index contributed by atoms with van der Waals surface area (Å²) in [6.45, 7) is 15.1. The molecule has 1 rings (SSSR count). The Morgan fingerprint density at radius 3 is 1.50 bits per heavy atom. The molecule has 0 aliphatic rings. The van der Waals surface area contributed by atoms with Crippen LogP contribution >= 0.6 is 0 Å². The smallest absolute Gasteiger partial charge is 0.309 e. The highest BCUT2D eigenvalue weighted by Crippen LogP contribution is 2.26. The van der Waals surface area contributed by atoms with Crippen LogP contribution in [0, 0.1) is 24.7 Å². The molecule has 1 N–H and O–H groups in total. The minimum Gasteiger partial charge on any atom is -0.481 e. The van der Waals surface area contributed by atoms with Gasteiger partial charge >= 0.3 is 5.97 Å². The van der Waals surface area contributed by atoms with Crippen LogP contribution < -0.4 is 0 Å². The predicted octanol–water partition coefficient (Wildman–Crippen LogP) is 8.45. The molecule has 2 nitrogen and oxygen atoms in total. The van der Waals surface area contributed by atoms with Crippen LogP contribution in [0.1, 0.15) is 121 Å². The second-order valence-electron chi connectivity index (χ2n) is 11.3. The van der Waals surface area contributed by atoms with Crippen molar-refractivity contribution in [3.63, 3.8) is 0 Å². The zero-order valence-corrected chi connectivity index (χ0v) is 21.0. The number of rotatable bonds is 14. The Morgan fingerprint density at radius 2 is 1.10 bits per heavy atom. The third-order valence-corrected chi connectivity index (χ3v) is 6.52. The monoisotopic (exact) mass is 416 g/mol. The van der Waals surface area contributed by atoms with Crippen molar-refractivity contribution in [1.29, 1.82) is 0 Å². The van der Waals surface area contributed by atoms with Crippen LogP contribution in [0.5, 0.6) is 0 Å². The summed E-state index contributed by atoms with van der Waals surface area (Å²) in [5, 5.41) is 9.23. The molecule has 0 heterocycles. The van der Waals surface area contributed by atoms with Crippen LogP contribution in [-0.4, -0.2) is 11.1 Å². The molecule has 2 heteroatoms. The first kappa shape index (κ1) is 26.7. The van der Waals surface area contributed by atoms with E-state index in [1.165, 1.54) is 62.5 Å². The van der Waals surface area contributed by atoms with Gasteiger partial charge in [0.2, 0.25) is 0 Å². The normalized spacial score (nSPS) is 12.4. The summed E-state index contributed by atoms with van der Waals surface area (Å²) in [5.41, 5.74) is 5.79. The lowest BCUT2D eigenvalue weighted by Gasteiger charge is -2.18. The molecule has 0 aliphatic heterocycles. The number of carboxylic acids is 1. The van der Waals surface area contributed by atoms with Crippen LogP contribution in [0.15, 0.2) is 12.1 Å². The highest BCUT2D eigenvalue weighted by Gasteiger charge is 2.25. The molecular formula is C28H48O2. The van der Waals surface area contributed by atoms with Gasteiger partial charge in [-0.05, 0) is 93.9 Å². The van der Waals surface area contributed by atoms with E-state index in [9.17, 15) is 9.90 Å². The van der Waals surface area contributed by atoms with Gasteiger partial charge in [0, 0.05) is 0 Å². The van der Waals surface area contributed by atoms with Crippen LogP contribution in [-0.2, 0) is 17.6 Å². The standard InChI is InChI=1S/C28H48O2/c1-22-20-24(16-12-8-10-14-18-27(3,4)5)25(21-23(22)2)17-13-9-11-15-19-28(6,7)26(29)30/h20-21H,8-19H2,1-7H3,(H,29,30). The number of unbranched alkanes of at least 4 members (excludes halogenated alkanes) is 6. The fraction of sp³-hybridized carbons (Fsp3) is 0.750. The molecule has 0 unspecified atom stereocenters. The molecule has 172 valence electrons. The lowest BCUT2D eigenvalue weighted by molar-refractivity contribution is -0.147. The molecule has 0 amide bonds. The molecular weight excluding hydrogens is 368 g/mol. The van der Waals surface area contributed by atoms with E-state index in [2.05, 4.69) is 46.8 Å². The van der Waals surface area contributed by atoms with Crippen molar-refractivity contribution in [2.45, 2.75) is 126 Å². The Kier molecular flexibility index (Phi) is 11.2. The Balaban J connectivity index is 2.42. The Hall–Kier alpha value is -1.31. The Bertz CT molecular complexity index is 649. The second kappa shape index (κ2) is 12.5. The Labute approximate surface area is 186 Å². The minimum atomic E-state index is -0.680. The van der Waals surface area contributed by atoms with Gasteiger partial charge in [-0.2, -0.15) is 0 Å². The molecule has 30 heavy (non-hydrogen) atoms. The summed E-state index contributed by atoms with van der Waals surface area (Å²) in [4.78, 5) is 11.2. The lowest BCUT2D eigenvalue weighted by atomic mass is 9.87. The van der Waals surface area contributed by atoms with Gasteiger partial charge in [0.15, 0.2) is 0 Å². The summed E-state index contributed by atoms with van der Waals surface area (Å²) in [7, 11) is 0. The molecule has 0 fully saturated rings. The van der Waals surface area contributed by atoms with Gasteiger partial charge in [0.1, 0.15) is 0 Å². The van der Waals surface area contributed by atoms with Crippen molar-refractivity contribution in [2.75, 3.05) is 0 Å². The number of aryl methyl sites for hydroxylation is 4. The summed E-state index contributed by atoms with van der Waals surface area (Å²) >= 11 is 0. The quantitative estimate of drug-likeness (QED) is 0.309. The maximum Gasteiger partial charge on any atom is 0.309 e. The minimum absolute atomic E-state index is 0.463. The van der Waals surface area contributed by atoms with Crippen molar-refractivity contribution in [1.82, 2.24) is 0 Å². The number of benzene rings is 1. The van der Waals surface area contributed by atoms with E-state index in [0.717, 1.165) is 25.7 Å². The zero-order valence-electron chi connectivity index (χ0n) is 21.0. The molecule has 0 aliphatic carbocycles. The van der Waals surface area contributed by atoms with Crippen LogP contribution in [0.3, 0.4) is 0 Å². The van der Waals surface area contributed by atoms with Crippen LogP contribution in [0.4, 0.5) is 0 Å². The number of hydrogen-bond acceptors (Lipinski definition) is 1. The first-order valence-corrected chi connectivity index (χ1v) is 12.2. The first-order chi connectivity index (χ1) is 13.9. The molecule has 0 spiro atoms. The van der Waals surface area contributed by atoms with Crippen molar-refractivity contribution < 1.29 is 9.90 Å². The van der Waals surface area contributed by atoms with E-state index in [1.54, 1.807) is 11.1 Å². The van der Waals surface area contributed by atoms with Crippen molar-refractivity contribution >= 4 is 5.97 Å². The maximum absolute atomic E-state index is 11.2. The lowest BCUT2D eigenvalue weighted by Crippen LogP contribution is -2.23. The van der Waals surface area contributed by atoms with Crippen LogP contribution in [0.25, 0.3) is 0 Å². The van der Waals surface area contributed by atoms with E-state index in [4.69, 9.17) is 0 Å². The van der Waals surface area contributed by atoms with Crippen molar-refractivity contribution in [3.05, 3.63) is 34.4 Å².